The van der Waals surface area contributed by atoms with Crippen LogP contribution in [0.3, 0.4) is 0 Å². The summed E-state index contributed by atoms with van der Waals surface area (Å²) in [6.07, 6.45) is 1.52. The van der Waals surface area contributed by atoms with Crippen LogP contribution < -0.4 is 11.2 Å². The Kier molecular flexibility index (Phi) is 5.68. The first-order valence-corrected chi connectivity index (χ1v) is 12.0. The number of carbonyl (C=O) groups excluding carboxylic acids is 1. The van der Waals surface area contributed by atoms with E-state index in [0.717, 1.165) is 27.8 Å². The average molecular weight is 480 g/mol. The Morgan fingerprint density at radius 2 is 1.85 bits per heavy atom. The molecular formula is C25H22ClN3O3S. The molecule has 33 heavy (non-hydrogen) atoms. The van der Waals surface area contributed by atoms with Crippen LogP contribution in [0.15, 0.2) is 64.2 Å². The van der Waals surface area contributed by atoms with Crippen molar-refractivity contribution in [2.75, 3.05) is 6.54 Å². The molecule has 2 aromatic carbocycles. The Morgan fingerprint density at radius 1 is 1.06 bits per heavy atom. The third-order valence-electron chi connectivity index (χ3n) is 6.06. The number of aryl methyl sites for hydroxylation is 1. The van der Waals surface area contributed by atoms with E-state index in [1.165, 1.54) is 21.5 Å². The molecule has 0 fully saturated rings. The van der Waals surface area contributed by atoms with Crippen LogP contribution in [0.5, 0.6) is 0 Å². The summed E-state index contributed by atoms with van der Waals surface area (Å²) in [5.74, 6) is -0.143. The van der Waals surface area contributed by atoms with Crippen LogP contribution >= 0.6 is 22.9 Å². The van der Waals surface area contributed by atoms with Crippen molar-refractivity contribution in [1.29, 1.82) is 0 Å². The van der Waals surface area contributed by atoms with Gasteiger partial charge in [0.25, 0.3) is 5.56 Å². The summed E-state index contributed by atoms with van der Waals surface area (Å²) in [5, 5.41) is 0.862. The van der Waals surface area contributed by atoms with Gasteiger partial charge in [-0.2, -0.15) is 0 Å². The van der Waals surface area contributed by atoms with E-state index in [1.54, 1.807) is 29.2 Å². The third kappa shape index (κ3) is 3.92. The maximum Gasteiger partial charge on any atom is 0.337 e. The van der Waals surface area contributed by atoms with Crippen molar-refractivity contribution in [2.45, 2.75) is 32.9 Å². The summed E-state index contributed by atoms with van der Waals surface area (Å²) < 4.78 is 2.55. The van der Waals surface area contributed by atoms with E-state index >= 15 is 0 Å². The summed E-state index contributed by atoms with van der Waals surface area (Å²) >= 11 is 7.52. The Labute approximate surface area is 199 Å². The maximum atomic E-state index is 13.5. The molecule has 1 amide bonds. The number of fused-ring (bicyclic) bond motifs is 2. The van der Waals surface area contributed by atoms with Gasteiger partial charge in [-0.05, 0) is 48.2 Å². The number of thiophene rings is 1. The SMILES string of the molecule is CCc1cc2c(=O)n(-c3cccc(Cl)c3)c(=O)n(CC(=O)N3CCc4ccccc4C3)c2s1. The zero-order valence-corrected chi connectivity index (χ0v) is 19.7. The van der Waals surface area contributed by atoms with E-state index in [0.29, 0.717) is 34.0 Å². The zero-order valence-electron chi connectivity index (χ0n) is 18.1. The predicted molar refractivity (Wildman–Crippen MR) is 132 cm³/mol. The lowest BCUT2D eigenvalue weighted by Crippen LogP contribution is -2.43. The first kappa shape index (κ1) is 21.7. The summed E-state index contributed by atoms with van der Waals surface area (Å²) in [7, 11) is 0. The van der Waals surface area contributed by atoms with Crippen LogP contribution in [0.1, 0.15) is 22.9 Å². The lowest BCUT2D eigenvalue weighted by atomic mass is 10.00. The van der Waals surface area contributed by atoms with E-state index in [1.807, 2.05) is 31.2 Å². The fourth-order valence-corrected chi connectivity index (χ4v) is 5.56. The van der Waals surface area contributed by atoms with Crippen LogP contribution in [-0.4, -0.2) is 26.5 Å². The smallest absolute Gasteiger partial charge is 0.336 e. The van der Waals surface area contributed by atoms with Crippen molar-refractivity contribution in [1.82, 2.24) is 14.0 Å². The molecule has 0 unspecified atom stereocenters. The van der Waals surface area contributed by atoms with Gasteiger partial charge in [0.1, 0.15) is 11.4 Å². The van der Waals surface area contributed by atoms with Crippen LogP contribution in [0.2, 0.25) is 5.02 Å². The molecule has 4 aromatic rings. The fraction of sp³-hybridized carbons (Fsp3) is 0.240. The van der Waals surface area contributed by atoms with Gasteiger partial charge in [0.2, 0.25) is 5.91 Å². The predicted octanol–water partition coefficient (Wildman–Crippen LogP) is 4.01. The highest BCUT2D eigenvalue weighted by molar-refractivity contribution is 7.18. The van der Waals surface area contributed by atoms with E-state index in [2.05, 4.69) is 6.07 Å². The number of amides is 1. The Hall–Kier alpha value is -3.16. The van der Waals surface area contributed by atoms with E-state index in [9.17, 15) is 14.4 Å². The van der Waals surface area contributed by atoms with Gasteiger partial charge >= 0.3 is 5.69 Å². The highest BCUT2D eigenvalue weighted by Gasteiger charge is 2.24. The molecule has 0 saturated heterocycles. The number of carbonyl (C=O) groups is 1. The number of hydrogen-bond donors (Lipinski definition) is 0. The Morgan fingerprint density at radius 3 is 2.61 bits per heavy atom. The molecule has 8 heteroatoms. The number of benzene rings is 2. The van der Waals surface area contributed by atoms with Crippen molar-refractivity contribution in [2.24, 2.45) is 0 Å². The second-order valence-corrected chi connectivity index (χ2v) is 9.66. The minimum Gasteiger partial charge on any atom is -0.336 e. The molecule has 0 atom stereocenters. The number of nitrogens with zero attached hydrogens (tertiary/aromatic N) is 3. The van der Waals surface area contributed by atoms with Gasteiger partial charge in [-0.25, -0.2) is 9.36 Å². The van der Waals surface area contributed by atoms with Crippen molar-refractivity contribution in [3.8, 4) is 5.69 Å². The standard InChI is InChI=1S/C25H22ClN3O3S/c1-2-20-13-21-23(31)29(19-9-5-8-18(26)12-19)25(32)28(24(21)33-20)15-22(30)27-11-10-16-6-3-4-7-17(16)14-27/h3-9,12-13H,2,10-11,14-15H2,1H3. The molecule has 0 bridgehead atoms. The number of aromatic nitrogens is 2. The van der Waals surface area contributed by atoms with Crippen LogP contribution in [0.4, 0.5) is 0 Å². The quantitative estimate of drug-likeness (QED) is 0.444. The van der Waals surface area contributed by atoms with E-state index < -0.39 is 11.2 Å². The van der Waals surface area contributed by atoms with Crippen molar-refractivity contribution >= 4 is 39.1 Å². The topological polar surface area (TPSA) is 64.3 Å². The molecule has 2 aromatic heterocycles. The van der Waals surface area contributed by atoms with E-state index in [-0.39, 0.29) is 12.5 Å². The van der Waals surface area contributed by atoms with Crippen molar-refractivity contribution in [3.63, 3.8) is 0 Å². The summed E-state index contributed by atoms with van der Waals surface area (Å²) in [5.41, 5.74) is 1.83. The highest BCUT2D eigenvalue weighted by Crippen LogP contribution is 2.24. The fourth-order valence-electron chi connectivity index (χ4n) is 4.30. The highest BCUT2D eigenvalue weighted by atomic mass is 35.5. The first-order valence-electron chi connectivity index (χ1n) is 10.8. The molecule has 0 spiro atoms. The second kappa shape index (κ2) is 8.65. The molecular weight excluding hydrogens is 458 g/mol. The largest absolute Gasteiger partial charge is 0.337 e. The Balaban J connectivity index is 1.60. The van der Waals surface area contributed by atoms with Gasteiger partial charge in [-0.3, -0.25) is 14.2 Å². The van der Waals surface area contributed by atoms with E-state index in [4.69, 9.17) is 11.6 Å². The maximum absolute atomic E-state index is 13.5. The average Bonchev–Trinajstić information content (AvgIpc) is 3.26. The third-order valence-corrected chi connectivity index (χ3v) is 7.59. The molecule has 6 nitrogen and oxygen atoms in total. The molecule has 0 N–H and O–H groups in total. The molecule has 168 valence electrons. The molecule has 1 aliphatic heterocycles. The van der Waals surface area contributed by atoms with Gasteiger partial charge < -0.3 is 4.90 Å². The van der Waals surface area contributed by atoms with Gasteiger partial charge in [0.05, 0.1) is 11.1 Å². The normalized spacial score (nSPS) is 13.3. The summed E-state index contributed by atoms with van der Waals surface area (Å²) in [6.45, 7) is 3.00. The molecule has 3 heterocycles. The minimum absolute atomic E-state index is 0.123. The number of hydrogen-bond acceptors (Lipinski definition) is 4. The van der Waals surface area contributed by atoms with Gasteiger partial charge in [-0.15, -0.1) is 11.3 Å². The van der Waals surface area contributed by atoms with Gasteiger partial charge in [-0.1, -0.05) is 48.9 Å². The lowest BCUT2D eigenvalue weighted by molar-refractivity contribution is -0.132. The van der Waals surface area contributed by atoms with Crippen molar-refractivity contribution < 1.29 is 4.79 Å². The molecule has 5 rings (SSSR count). The zero-order chi connectivity index (χ0) is 23.1. The molecule has 0 saturated carbocycles. The van der Waals surface area contributed by atoms with Gasteiger partial charge in [0.15, 0.2) is 0 Å². The first-order chi connectivity index (χ1) is 16.0. The monoisotopic (exact) mass is 479 g/mol. The van der Waals surface area contributed by atoms with Gasteiger partial charge in [0, 0.05) is 23.0 Å². The summed E-state index contributed by atoms with van der Waals surface area (Å²) in [6, 6.07) is 16.5. The minimum atomic E-state index is -0.537. The summed E-state index contributed by atoms with van der Waals surface area (Å²) in [4.78, 5) is 43.4. The molecule has 0 aliphatic carbocycles. The Bertz CT molecular complexity index is 1500. The second-order valence-electron chi connectivity index (χ2n) is 8.11. The van der Waals surface area contributed by atoms with Crippen LogP contribution in [-0.2, 0) is 30.7 Å². The molecule has 1 aliphatic rings. The lowest BCUT2D eigenvalue weighted by Gasteiger charge is -2.29. The van der Waals surface area contributed by atoms with Crippen LogP contribution in [0.25, 0.3) is 15.9 Å². The van der Waals surface area contributed by atoms with Crippen LogP contribution in [0, 0.1) is 0 Å². The number of halogens is 1. The van der Waals surface area contributed by atoms with Crippen molar-refractivity contribution in [3.05, 3.63) is 96.5 Å². The molecule has 0 radical (unpaired) electrons. The number of rotatable bonds is 4.